The number of carbonyl (C=O) groups is 3. The van der Waals surface area contributed by atoms with Gasteiger partial charge in [0.15, 0.2) is 0 Å². The molecule has 6 heteroatoms. The summed E-state index contributed by atoms with van der Waals surface area (Å²) < 4.78 is 0. The molecule has 0 aliphatic carbocycles. The monoisotopic (exact) mass is 341 g/mol. The molecule has 3 heterocycles. The van der Waals surface area contributed by atoms with E-state index in [1.807, 2.05) is 30.3 Å². The first-order valence-corrected chi connectivity index (χ1v) is 9.08. The Morgan fingerprint density at radius 2 is 1.48 bits per heavy atom. The van der Waals surface area contributed by atoms with E-state index in [2.05, 4.69) is 0 Å². The summed E-state index contributed by atoms with van der Waals surface area (Å²) in [7, 11) is 0. The van der Waals surface area contributed by atoms with E-state index in [0.29, 0.717) is 32.5 Å². The molecule has 3 fully saturated rings. The summed E-state index contributed by atoms with van der Waals surface area (Å²) in [6.07, 6.45) is 3.10. The maximum absolute atomic E-state index is 13.1. The Labute approximate surface area is 147 Å². The zero-order chi connectivity index (χ0) is 17.4. The molecule has 0 spiro atoms. The molecule has 0 bridgehead atoms. The van der Waals surface area contributed by atoms with Gasteiger partial charge in [0, 0.05) is 19.6 Å². The van der Waals surface area contributed by atoms with Crippen LogP contribution in [0.25, 0.3) is 0 Å². The molecule has 25 heavy (non-hydrogen) atoms. The lowest BCUT2D eigenvalue weighted by Gasteiger charge is -2.29. The van der Waals surface area contributed by atoms with Gasteiger partial charge in [0.2, 0.25) is 17.7 Å². The standard InChI is InChI=1S/C19H23N3O3/c23-17-13-20(12-14-6-2-1-3-7-14)18(24)15-8-5-11-22(15)19(25)16-9-4-10-21(16)17/h1-3,6-7,15-16H,4-5,8-13H2. The smallest absolute Gasteiger partial charge is 0.246 e. The maximum Gasteiger partial charge on any atom is 0.246 e. The third-order valence-electron chi connectivity index (χ3n) is 5.53. The molecule has 1 aromatic rings. The van der Waals surface area contributed by atoms with Crippen LogP contribution in [0.15, 0.2) is 30.3 Å². The van der Waals surface area contributed by atoms with E-state index in [-0.39, 0.29) is 30.3 Å². The Balaban J connectivity index is 1.66. The molecule has 6 nitrogen and oxygen atoms in total. The van der Waals surface area contributed by atoms with E-state index in [4.69, 9.17) is 0 Å². The molecule has 0 N–H and O–H groups in total. The van der Waals surface area contributed by atoms with Crippen molar-refractivity contribution in [1.82, 2.24) is 14.7 Å². The molecular weight excluding hydrogens is 318 g/mol. The number of fused-ring (bicyclic) bond motifs is 2. The van der Waals surface area contributed by atoms with Crippen LogP contribution in [0.1, 0.15) is 31.2 Å². The summed E-state index contributed by atoms with van der Waals surface area (Å²) in [6, 6.07) is 8.92. The van der Waals surface area contributed by atoms with Gasteiger partial charge in [-0.25, -0.2) is 0 Å². The molecule has 3 saturated heterocycles. The third kappa shape index (κ3) is 2.90. The van der Waals surface area contributed by atoms with Crippen LogP contribution in [0.4, 0.5) is 0 Å². The Bertz CT molecular complexity index is 690. The number of carbonyl (C=O) groups excluding carboxylic acids is 3. The molecule has 3 aliphatic rings. The fourth-order valence-corrected chi connectivity index (χ4v) is 4.28. The second-order valence-corrected chi connectivity index (χ2v) is 7.11. The van der Waals surface area contributed by atoms with Gasteiger partial charge in [-0.15, -0.1) is 0 Å². The zero-order valence-electron chi connectivity index (χ0n) is 14.3. The predicted octanol–water partition coefficient (Wildman–Crippen LogP) is 1.01. The molecular formula is C19H23N3O3. The maximum atomic E-state index is 13.1. The number of hydrogen-bond donors (Lipinski definition) is 0. The SMILES string of the molecule is O=C1C2CCCN2C(=O)C2CCCN2C(=O)CN1Cc1ccccc1. The van der Waals surface area contributed by atoms with Crippen molar-refractivity contribution in [1.29, 1.82) is 0 Å². The van der Waals surface area contributed by atoms with Gasteiger partial charge in [-0.05, 0) is 31.2 Å². The molecule has 0 aromatic heterocycles. The average Bonchev–Trinajstić information content (AvgIpc) is 3.29. The highest BCUT2D eigenvalue weighted by molar-refractivity contribution is 5.96. The molecule has 0 saturated carbocycles. The highest BCUT2D eigenvalue weighted by Gasteiger charge is 2.45. The van der Waals surface area contributed by atoms with Crippen molar-refractivity contribution in [2.45, 2.75) is 44.3 Å². The lowest BCUT2D eigenvalue weighted by molar-refractivity contribution is -0.144. The first-order valence-electron chi connectivity index (χ1n) is 9.08. The average molecular weight is 341 g/mol. The van der Waals surface area contributed by atoms with Gasteiger partial charge in [-0.3, -0.25) is 14.4 Å². The first-order chi connectivity index (χ1) is 12.1. The van der Waals surface area contributed by atoms with Crippen molar-refractivity contribution in [3.63, 3.8) is 0 Å². The van der Waals surface area contributed by atoms with Gasteiger partial charge < -0.3 is 14.7 Å². The van der Waals surface area contributed by atoms with Crippen molar-refractivity contribution in [3.05, 3.63) is 35.9 Å². The largest absolute Gasteiger partial charge is 0.329 e. The fraction of sp³-hybridized carbons (Fsp3) is 0.526. The van der Waals surface area contributed by atoms with Crippen LogP contribution < -0.4 is 0 Å². The summed E-state index contributed by atoms with van der Waals surface area (Å²) in [4.78, 5) is 43.9. The molecule has 4 rings (SSSR count). The third-order valence-corrected chi connectivity index (χ3v) is 5.53. The van der Waals surface area contributed by atoms with E-state index in [1.54, 1.807) is 14.7 Å². The summed E-state index contributed by atoms with van der Waals surface area (Å²) >= 11 is 0. The minimum Gasteiger partial charge on any atom is -0.329 e. The molecule has 2 unspecified atom stereocenters. The number of amides is 3. The highest BCUT2D eigenvalue weighted by atomic mass is 16.2. The minimum absolute atomic E-state index is 0.0386. The lowest BCUT2D eigenvalue weighted by Crippen LogP contribution is -2.50. The van der Waals surface area contributed by atoms with Crippen LogP contribution in [0, 0.1) is 0 Å². The Morgan fingerprint density at radius 3 is 2.20 bits per heavy atom. The Hall–Kier alpha value is -2.37. The summed E-state index contributed by atoms with van der Waals surface area (Å²) in [6.45, 7) is 1.69. The summed E-state index contributed by atoms with van der Waals surface area (Å²) in [5.41, 5.74) is 0.997. The topological polar surface area (TPSA) is 60.9 Å². The number of nitrogens with zero attached hydrogens (tertiary/aromatic N) is 3. The summed E-state index contributed by atoms with van der Waals surface area (Å²) in [5.74, 6) is -0.242. The normalized spacial score (nSPS) is 27.0. The Morgan fingerprint density at radius 1 is 0.840 bits per heavy atom. The van der Waals surface area contributed by atoms with Crippen molar-refractivity contribution in [2.75, 3.05) is 19.6 Å². The fourth-order valence-electron chi connectivity index (χ4n) is 4.28. The van der Waals surface area contributed by atoms with Crippen molar-refractivity contribution in [2.24, 2.45) is 0 Å². The molecule has 2 atom stereocenters. The number of rotatable bonds is 2. The van der Waals surface area contributed by atoms with E-state index >= 15 is 0 Å². The quantitative estimate of drug-likeness (QED) is 0.807. The van der Waals surface area contributed by atoms with Gasteiger partial charge in [-0.2, -0.15) is 0 Å². The van der Waals surface area contributed by atoms with E-state index < -0.39 is 6.04 Å². The molecule has 132 valence electrons. The van der Waals surface area contributed by atoms with E-state index in [9.17, 15) is 14.4 Å². The second-order valence-electron chi connectivity index (χ2n) is 7.11. The van der Waals surface area contributed by atoms with E-state index in [0.717, 1.165) is 18.4 Å². The summed E-state index contributed by atoms with van der Waals surface area (Å²) in [5, 5.41) is 0. The second kappa shape index (κ2) is 6.50. The first kappa shape index (κ1) is 16.1. The molecule has 3 amide bonds. The number of hydrogen-bond acceptors (Lipinski definition) is 3. The van der Waals surface area contributed by atoms with Gasteiger partial charge in [-0.1, -0.05) is 30.3 Å². The van der Waals surface area contributed by atoms with E-state index in [1.165, 1.54) is 0 Å². The van der Waals surface area contributed by atoms with Crippen LogP contribution in [-0.2, 0) is 20.9 Å². The molecule has 0 radical (unpaired) electrons. The molecule has 3 aliphatic heterocycles. The van der Waals surface area contributed by atoms with Crippen LogP contribution in [0.3, 0.4) is 0 Å². The van der Waals surface area contributed by atoms with Crippen molar-refractivity contribution >= 4 is 17.7 Å². The number of benzene rings is 1. The Kier molecular flexibility index (Phi) is 4.19. The highest BCUT2D eigenvalue weighted by Crippen LogP contribution is 2.28. The van der Waals surface area contributed by atoms with Crippen molar-refractivity contribution in [3.8, 4) is 0 Å². The van der Waals surface area contributed by atoms with Gasteiger partial charge in [0.25, 0.3) is 0 Å². The van der Waals surface area contributed by atoms with Crippen molar-refractivity contribution < 1.29 is 14.4 Å². The minimum atomic E-state index is -0.412. The predicted molar refractivity (Wildman–Crippen MR) is 91.3 cm³/mol. The van der Waals surface area contributed by atoms with Crippen LogP contribution in [-0.4, -0.2) is 64.1 Å². The lowest BCUT2D eigenvalue weighted by atomic mass is 10.1. The van der Waals surface area contributed by atoms with Crippen LogP contribution >= 0.6 is 0 Å². The van der Waals surface area contributed by atoms with Gasteiger partial charge in [0.05, 0.1) is 0 Å². The zero-order valence-corrected chi connectivity index (χ0v) is 14.3. The van der Waals surface area contributed by atoms with Gasteiger partial charge in [0.1, 0.15) is 18.6 Å². The van der Waals surface area contributed by atoms with Crippen LogP contribution in [0.2, 0.25) is 0 Å². The van der Waals surface area contributed by atoms with Gasteiger partial charge >= 0.3 is 0 Å². The molecule has 1 aromatic carbocycles. The van der Waals surface area contributed by atoms with Crippen LogP contribution in [0.5, 0.6) is 0 Å².